The van der Waals surface area contributed by atoms with Crippen molar-refractivity contribution in [2.75, 3.05) is 35.7 Å². The van der Waals surface area contributed by atoms with Crippen LogP contribution in [0.4, 0.5) is 23.0 Å². The van der Waals surface area contributed by atoms with Crippen LogP contribution in [-0.2, 0) is 7.05 Å². The lowest BCUT2D eigenvalue weighted by molar-refractivity contribution is 0.0996. The number of carbonyl (C=O) groups excluding carboxylic acids is 1. The van der Waals surface area contributed by atoms with Crippen molar-refractivity contribution < 1.29 is 4.79 Å². The number of hydrogen-bond donors (Lipinski definition) is 4. The van der Waals surface area contributed by atoms with Gasteiger partial charge in [-0.1, -0.05) is 0 Å². The minimum Gasteiger partial charge on any atom is -0.371 e. The molecule has 1 amide bonds. The second kappa shape index (κ2) is 9.90. The van der Waals surface area contributed by atoms with E-state index in [2.05, 4.69) is 75.6 Å². The highest BCUT2D eigenvalue weighted by Gasteiger charge is 2.25. The maximum Gasteiger partial charge on any atom is 0.271 e. The van der Waals surface area contributed by atoms with E-state index in [0.717, 1.165) is 35.4 Å². The summed E-state index contributed by atoms with van der Waals surface area (Å²) >= 11 is 0. The first-order chi connectivity index (χ1) is 18.2. The topological polar surface area (TPSA) is 139 Å². The molecule has 1 aromatic carbocycles. The van der Waals surface area contributed by atoms with E-state index in [0.29, 0.717) is 34.7 Å². The lowest BCUT2D eigenvalue weighted by atomic mass is 10.0. The van der Waals surface area contributed by atoms with Crippen molar-refractivity contribution in [1.82, 2.24) is 29.8 Å². The Kier molecular flexibility index (Phi) is 6.62. The molecule has 38 heavy (non-hydrogen) atoms. The number of aromatic nitrogens is 5. The molecule has 0 bridgehead atoms. The molecule has 11 heteroatoms. The third kappa shape index (κ3) is 4.60. The molecule has 5 rings (SSSR count). The van der Waals surface area contributed by atoms with Crippen LogP contribution in [0.15, 0.2) is 30.9 Å². The summed E-state index contributed by atoms with van der Waals surface area (Å²) in [5.41, 5.74) is 12.8. The number of imidazole rings is 1. The van der Waals surface area contributed by atoms with Gasteiger partial charge in [0, 0.05) is 56.8 Å². The number of piperazine rings is 1. The molecule has 0 aliphatic carbocycles. The van der Waals surface area contributed by atoms with Crippen LogP contribution in [0.1, 0.15) is 35.5 Å². The molecular weight excluding hydrogens is 480 g/mol. The standard InChI is InChI=1S/C27H34N10O/c1-14-7-18(8-15(2)24(14)37-11-16(3)32-17(4)12-37)33-27-23(25(28)38)34-22(26(29-5)35-27)19-9-30-10-20-21(19)31-13-36(20)6/h7-10,13,16-17,32H,11-12H2,1-6H3,(H2,28,38)(H2,29,33,35)/t16-,17+. The van der Waals surface area contributed by atoms with Gasteiger partial charge in [0.25, 0.3) is 5.91 Å². The summed E-state index contributed by atoms with van der Waals surface area (Å²) in [6.45, 7) is 10.5. The normalized spacial score (nSPS) is 17.6. The molecule has 4 aromatic rings. The van der Waals surface area contributed by atoms with Gasteiger partial charge in [0.15, 0.2) is 17.3 Å². The van der Waals surface area contributed by atoms with Gasteiger partial charge in [0.1, 0.15) is 11.2 Å². The van der Waals surface area contributed by atoms with Crippen LogP contribution >= 0.6 is 0 Å². The molecule has 1 aliphatic heterocycles. The van der Waals surface area contributed by atoms with Crippen LogP contribution in [0.25, 0.3) is 22.3 Å². The Hall–Kier alpha value is -4.25. The van der Waals surface area contributed by atoms with Crippen LogP contribution in [0.5, 0.6) is 0 Å². The van der Waals surface area contributed by atoms with Crippen molar-refractivity contribution in [1.29, 1.82) is 0 Å². The smallest absolute Gasteiger partial charge is 0.271 e. The van der Waals surface area contributed by atoms with Gasteiger partial charge in [0.2, 0.25) is 0 Å². The molecule has 0 saturated carbocycles. The van der Waals surface area contributed by atoms with Crippen LogP contribution in [-0.4, -0.2) is 62.6 Å². The molecule has 11 nitrogen and oxygen atoms in total. The van der Waals surface area contributed by atoms with E-state index in [4.69, 9.17) is 10.7 Å². The van der Waals surface area contributed by atoms with Gasteiger partial charge in [-0.15, -0.1) is 0 Å². The molecule has 1 aliphatic rings. The van der Waals surface area contributed by atoms with Crippen molar-refractivity contribution >= 4 is 40.0 Å². The third-order valence-corrected chi connectivity index (χ3v) is 6.89. The number of fused-ring (bicyclic) bond motifs is 1. The van der Waals surface area contributed by atoms with Gasteiger partial charge in [-0.3, -0.25) is 9.78 Å². The average Bonchev–Trinajstić information content (AvgIpc) is 3.23. The molecule has 0 unspecified atom stereocenters. The first-order valence-electron chi connectivity index (χ1n) is 12.7. The Balaban J connectivity index is 1.54. The number of nitrogens with one attached hydrogen (secondary N) is 3. The summed E-state index contributed by atoms with van der Waals surface area (Å²) < 4.78 is 1.87. The number of hydrogen-bond acceptors (Lipinski definition) is 9. The Morgan fingerprint density at radius 1 is 1.08 bits per heavy atom. The quantitative estimate of drug-likeness (QED) is 0.306. The van der Waals surface area contributed by atoms with E-state index in [1.165, 1.54) is 5.69 Å². The zero-order chi connectivity index (χ0) is 27.1. The number of nitrogens with zero attached hydrogens (tertiary/aromatic N) is 6. The number of rotatable bonds is 6. The predicted octanol–water partition coefficient (Wildman–Crippen LogP) is 3.11. The summed E-state index contributed by atoms with van der Waals surface area (Å²) in [6, 6.07) is 4.96. The highest BCUT2D eigenvalue weighted by molar-refractivity contribution is 5.99. The number of pyridine rings is 1. The van der Waals surface area contributed by atoms with Gasteiger partial charge in [0.05, 0.1) is 23.6 Å². The number of aryl methyl sites for hydroxylation is 3. The summed E-state index contributed by atoms with van der Waals surface area (Å²) in [4.78, 5) is 33.2. The van der Waals surface area contributed by atoms with E-state index < -0.39 is 5.91 Å². The lowest BCUT2D eigenvalue weighted by Crippen LogP contribution is -2.54. The minimum absolute atomic E-state index is 0.0380. The molecule has 1 fully saturated rings. The molecule has 4 heterocycles. The molecule has 3 aromatic heterocycles. The second-order valence-electron chi connectivity index (χ2n) is 10.1. The number of anilines is 4. The zero-order valence-corrected chi connectivity index (χ0v) is 22.6. The van der Waals surface area contributed by atoms with Gasteiger partial charge in [-0.2, -0.15) is 0 Å². The van der Waals surface area contributed by atoms with E-state index in [1.54, 1.807) is 25.8 Å². The number of carbonyl (C=O) groups is 1. The average molecular weight is 515 g/mol. The minimum atomic E-state index is -0.682. The van der Waals surface area contributed by atoms with Crippen molar-refractivity contribution in [3.05, 3.63) is 47.7 Å². The fraction of sp³-hybridized carbons (Fsp3) is 0.370. The van der Waals surface area contributed by atoms with E-state index in [1.807, 2.05) is 11.6 Å². The second-order valence-corrected chi connectivity index (χ2v) is 10.1. The van der Waals surface area contributed by atoms with Crippen LogP contribution < -0.4 is 26.6 Å². The maximum atomic E-state index is 12.5. The van der Waals surface area contributed by atoms with Crippen LogP contribution in [0, 0.1) is 13.8 Å². The van der Waals surface area contributed by atoms with Gasteiger partial charge >= 0.3 is 0 Å². The maximum absolute atomic E-state index is 12.5. The first kappa shape index (κ1) is 25.4. The molecule has 1 saturated heterocycles. The van der Waals surface area contributed by atoms with E-state index in [9.17, 15) is 4.79 Å². The lowest BCUT2D eigenvalue weighted by Gasteiger charge is -2.39. The van der Waals surface area contributed by atoms with Crippen molar-refractivity contribution in [3.63, 3.8) is 0 Å². The molecule has 0 spiro atoms. The van der Waals surface area contributed by atoms with Crippen molar-refractivity contribution in [3.8, 4) is 11.3 Å². The summed E-state index contributed by atoms with van der Waals surface area (Å²) in [5.74, 6) is 0.0768. The van der Waals surface area contributed by atoms with Crippen LogP contribution in [0.2, 0.25) is 0 Å². The molecule has 2 atom stereocenters. The summed E-state index contributed by atoms with van der Waals surface area (Å²) in [5, 5.41) is 9.99. The largest absolute Gasteiger partial charge is 0.371 e. The SMILES string of the molecule is CNc1nc(Nc2cc(C)c(N3C[C@@H](C)N[C@@H](C)C3)c(C)c2)c(C(N)=O)nc1-c1cncc2c1ncn2C. The van der Waals surface area contributed by atoms with E-state index >= 15 is 0 Å². The van der Waals surface area contributed by atoms with Gasteiger partial charge < -0.3 is 31.2 Å². The number of nitrogens with two attached hydrogens (primary N) is 1. The van der Waals surface area contributed by atoms with Gasteiger partial charge in [-0.05, 0) is 51.0 Å². The van der Waals surface area contributed by atoms with Crippen molar-refractivity contribution in [2.45, 2.75) is 39.8 Å². The summed E-state index contributed by atoms with van der Waals surface area (Å²) in [7, 11) is 3.65. The molecular formula is C27H34N10O. The van der Waals surface area contributed by atoms with Crippen molar-refractivity contribution in [2.24, 2.45) is 12.8 Å². The summed E-state index contributed by atoms with van der Waals surface area (Å²) in [6.07, 6.45) is 5.11. The fourth-order valence-electron chi connectivity index (χ4n) is 5.45. The third-order valence-electron chi connectivity index (χ3n) is 6.89. The predicted molar refractivity (Wildman–Crippen MR) is 151 cm³/mol. The first-order valence-corrected chi connectivity index (χ1v) is 12.7. The Labute approximate surface area is 221 Å². The highest BCUT2D eigenvalue weighted by Crippen LogP contribution is 2.34. The molecule has 0 radical (unpaired) electrons. The molecule has 5 N–H and O–H groups in total. The van der Waals surface area contributed by atoms with E-state index in [-0.39, 0.29) is 11.5 Å². The Morgan fingerprint density at radius 3 is 2.39 bits per heavy atom. The zero-order valence-electron chi connectivity index (χ0n) is 22.6. The number of benzene rings is 1. The number of primary amides is 1. The van der Waals surface area contributed by atoms with Crippen LogP contribution in [0.3, 0.4) is 0 Å². The monoisotopic (exact) mass is 514 g/mol. The van der Waals surface area contributed by atoms with Gasteiger partial charge in [-0.25, -0.2) is 15.0 Å². The molecule has 198 valence electrons. The highest BCUT2D eigenvalue weighted by atomic mass is 16.1. The Morgan fingerprint density at radius 2 is 1.76 bits per heavy atom. The Bertz CT molecular complexity index is 1500. The fourth-order valence-corrected chi connectivity index (χ4v) is 5.45. The number of amides is 1.